The Balaban J connectivity index is 2.02. The summed E-state index contributed by atoms with van der Waals surface area (Å²) in [5.41, 5.74) is 3.24. The van der Waals surface area contributed by atoms with Crippen molar-refractivity contribution in [2.75, 3.05) is 11.1 Å². The Hall–Kier alpha value is -2.71. The van der Waals surface area contributed by atoms with Crippen LogP contribution in [0.3, 0.4) is 0 Å². The van der Waals surface area contributed by atoms with Crippen LogP contribution < -0.4 is 10.6 Å². The van der Waals surface area contributed by atoms with E-state index in [-0.39, 0.29) is 23.6 Å². The van der Waals surface area contributed by atoms with E-state index in [0.29, 0.717) is 16.3 Å². The zero-order chi connectivity index (χ0) is 27.5. The van der Waals surface area contributed by atoms with Crippen LogP contribution >= 0.6 is 24.2 Å². The van der Waals surface area contributed by atoms with E-state index in [1.54, 1.807) is 31.7 Å². The van der Waals surface area contributed by atoms with Gasteiger partial charge in [-0.05, 0) is 77.1 Å². The highest BCUT2D eigenvalue weighted by Crippen LogP contribution is 2.38. The molecule has 3 rings (SSSR count). The van der Waals surface area contributed by atoms with Crippen molar-refractivity contribution in [1.82, 2.24) is 10.2 Å². The maximum absolute atomic E-state index is 14.0. The molecule has 1 fully saturated rings. The number of amides is 3. The van der Waals surface area contributed by atoms with E-state index in [4.69, 9.17) is 16.3 Å². The molecule has 3 amide bonds. The van der Waals surface area contributed by atoms with Crippen molar-refractivity contribution in [3.63, 3.8) is 0 Å². The second-order valence-electron chi connectivity index (χ2n) is 10.5. The average Bonchev–Trinajstić information content (AvgIpc) is 3.62. The predicted octanol–water partition coefficient (Wildman–Crippen LogP) is 5.76. The average molecular weight is 546 g/mol. The lowest BCUT2D eigenvalue weighted by atomic mass is 9.96. The first kappa shape index (κ1) is 28.9. The van der Waals surface area contributed by atoms with Crippen LogP contribution in [0.2, 0.25) is 5.02 Å². The lowest BCUT2D eigenvalue weighted by molar-refractivity contribution is -0.141. The van der Waals surface area contributed by atoms with E-state index < -0.39 is 23.8 Å². The van der Waals surface area contributed by atoms with E-state index in [0.717, 1.165) is 29.5 Å². The van der Waals surface area contributed by atoms with Gasteiger partial charge in [0.25, 0.3) is 5.91 Å². The molecule has 7 nitrogen and oxygen atoms in total. The molecule has 1 saturated carbocycles. The molecule has 0 radical (unpaired) electrons. The molecule has 1 aliphatic carbocycles. The van der Waals surface area contributed by atoms with Crippen LogP contribution in [0.25, 0.3) is 0 Å². The van der Waals surface area contributed by atoms with Gasteiger partial charge in [0.1, 0.15) is 17.7 Å². The maximum atomic E-state index is 14.0. The van der Waals surface area contributed by atoms with Crippen molar-refractivity contribution in [2.45, 2.75) is 78.1 Å². The Morgan fingerprint density at radius 3 is 2.32 bits per heavy atom. The number of aryl methyl sites for hydroxylation is 3. The molecule has 2 N–H and O–H groups in total. The molecule has 2 atom stereocenters. The first-order valence-corrected chi connectivity index (χ1v) is 13.4. The van der Waals surface area contributed by atoms with Crippen LogP contribution in [-0.4, -0.2) is 46.2 Å². The molecule has 0 aromatic heterocycles. The van der Waals surface area contributed by atoms with Gasteiger partial charge in [0, 0.05) is 11.8 Å². The topological polar surface area (TPSA) is 87.7 Å². The smallest absolute Gasteiger partial charge is 0.408 e. The summed E-state index contributed by atoms with van der Waals surface area (Å²) in [4.78, 5) is 42.0. The molecule has 2 aromatic carbocycles. The zero-order valence-electron chi connectivity index (χ0n) is 22.2. The van der Waals surface area contributed by atoms with Crippen LogP contribution in [0, 0.1) is 20.8 Å². The number of nitrogens with one attached hydrogen (secondary N) is 2. The normalized spacial score (nSPS) is 14.9. The number of benzene rings is 2. The molecule has 0 heterocycles. The number of halogens is 1. The van der Waals surface area contributed by atoms with Crippen molar-refractivity contribution < 1.29 is 19.1 Å². The summed E-state index contributed by atoms with van der Waals surface area (Å²) < 4.78 is 5.36. The fourth-order valence-electron chi connectivity index (χ4n) is 4.22. The summed E-state index contributed by atoms with van der Waals surface area (Å²) in [6.07, 6.45) is 0.809. The van der Waals surface area contributed by atoms with Crippen LogP contribution in [0.4, 0.5) is 10.5 Å². The Labute approximate surface area is 229 Å². The lowest BCUT2D eigenvalue weighted by Gasteiger charge is -2.35. The predicted molar refractivity (Wildman–Crippen MR) is 150 cm³/mol. The van der Waals surface area contributed by atoms with E-state index in [1.165, 1.54) is 0 Å². The lowest BCUT2D eigenvalue weighted by Crippen LogP contribution is -2.54. The molecule has 1 aliphatic rings. The van der Waals surface area contributed by atoms with Crippen LogP contribution in [0.1, 0.15) is 61.9 Å². The number of rotatable bonds is 8. The van der Waals surface area contributed by atoms with Gasteiger partial charge in [-0.15, -0.1) is 0 Å². The SMILES string of the molecule is Cc1ccc(C(C(=O)Nc2c(C)cccc2Cl)N(C(=O)C(CS)NC(=O)OC(C)(C)C)C2CC2)c(C)c1. The molecule has 37 heavy (non-hydrogen) atoms. The molecule has 200 valence electrons. The summed E-state index contributed by atoms with van der Waals surface area (Å²) >= 11 is 10.7. The number of thiol groups is 1. The number of alkyl carbamates (subject to hydrolysis) is 1. The molecule has 9 heteroatoms. The third-order valence-corrected chi connectivity index (χ3v) is 6.76. The van der Waals surface area contributed by atoms with Gasteiger partial charge in [0.15, 0.2) is 0 Å². The molecule has 0 bridgehead atoms. The van der Waals surface area contributed by atoms with Crippen molar-refractivity contribution in [3.05, 3.63) is 63.7 Å². The summed E-state index contributed by atoms with van der Waals surface area (Å²) in [5, 5.41) is 6.03. The van der Waals surface area contributed by atoms with Gasteiger partial charge >= 0.3 is 6.09 Å². The summed E-state index contributed by atoms with van der Waals surface area (Å²) in [6.45, 7) is 11.0. The number of nitrogens with zero attached hydrogens (tertiary/aromatic N) is 1. The van der Waals surface area contributed by atoms with Gasteiger partial charge < -0.3 is 20.3 Å². The number of ether oxygens (including phenoxy) is 1. The van der Waals surface area contributed by atoms with Crippen LogP contribution in [0.15, 0.2) is 36.4 Å². The first-order chi connectivity index (χ1) is 17.3. The van der Waals surface area contributed by atoms with Crippen LogP contribution in [0.5, 0.6) is 0 Å². The van der Waals surface area contributed by atoms with E-state index in [1.807, 2.05) is 51.1 Å². The highest BCUT2D eigenvalue weighted by atomic mass is 35.5. The highest BCUT2D eigenvalue weighted by Gasteiger charge is 2.44. The Kier molecular flexibility index (Phi) is 9.18. The van der Waals surface area contributed by atoms with E-state index >= 15 is 0 Å². The minimum Gasteiger partial charge on any atom is -0.444 e. The zero-order valence-corrected chi connectivity index (χ0v) is 23.9. The molecule has 2 aromatic rings. The van der Waals surface area contributed by atoms with Gasteiger partial charge in [0.2, 0.25) is 5.91 Å². The number of hydrogen-bond donors (Lipinski definition) is 3. The van der Waals surface area contributed by atoms with Gasteiger partial charge in [-0.1, -0.05) is 47.5 Å². The fourth-order valence-corrected chi connectivity index (χ4v) is 4.73. The van der Waals surface area contributed by atoms with Crippen molar-refractivity contribution in [3.8, 4) is 0 Å². The Morgan fingerprint density at radius 2 is 1.78 bits per heavy atom. The second-order valence-corrected chi connectivity index (χ2v) is 11.3. The van der Waals surface area contributed by atoms with Crippen molar-refractivity contribution in [1.29, 1.82) is 0 Å². The van der Waals surface area contributed by atoms with E-state index in [9.17, 15) is 14.4 Å². The van der Waals surface area contributed by atoms with Gasteiger partial charge in [-0.3, -0.25) is 9.59 Å². The van der Waals surface area contributed by atoms with Gasteiger partial charge in [-0.25, -0.2) is 4.79 Å². The number of carbonyl (C=O) groups excluding carboxylic acids is 3. The van der Waals surface area contributed by atoms with Crippen molar-refractivity contribution >= 4 is 47.8 Å². The summed E-state index contributed by atoms with van der Waals surface area (Å²) in [7, 11) is 0. The summed E-state index contributed by atoms with van der Waals surface area (Å²) in [6, 6.07) is 9.14. The molecular formula is C28H36ClN3O4S. The second kappa shape index (κ2) is 11.8. The fraction of sp³-hybridized carbons (Fsp3) is 0.464. The van der Waals surface area contributed by atoms with E-state index in [2.05, 4.69) is 23.3 Å². The Morgan fingerprint density at radius 1 is 1.11 bits per heavy atom. The van der Waals surface area contributed by atoms with Gasteiger partial charge in [0.05, 0.1) is 10.7 Å². The number of carbonyl (C=O) groups is 3. The van der Waals surface area contributed by atoms with Crippen LogP contribution in [-0.2, 0) is 14.3 Å². The largest absolute Gasteiger partial charge is 0.444 e. The number of anilines is 1. The minimum absolute atomic E-state index is 0.0478. The molecule has 2 unspecified atom stereocenters. The third kappa shape index (κ3) is 7.42. The minimum atomic E-state index is -0.970. The number of para-hydroxylation sites is 1. The summed E-state index contributed by atoms with van der Waals surface area (Å²) in [5.74, 6) is -0.718. The monoisotopic (exact) mass is 545 g/mol. The van der Waals surface area contributed by atoms with Gasteiger partial charge in [-0.2, -0.15) is 12.6 Å². The Bertz CT molecular complexity index is 1160. The molecule has 0 aliphatic heterocycles. The maximum Gasteiger partial charge on any atom is 0.408 e. The molecule has 0 saturated heterocycles. The quantitative estimate of drug-likeness (QED) is 0.368. The standard InChI is InChI=1S/C28H36ClN3O4S/c1-16-10-13-20(18(3)14-16)24(25(33)31-23-17(2)8-7-9-21(23)29)32(19-11-12-19)26(34)22(15-37)30-27(35)36-28(4,5)6/h7-10,13-14,19,22,24,37H,11-12,15H2,1-6H3,(H,30,35)(H,31,33). The van der Waals surface area contributed by atoms with Crippen molar-refractivity contribution in [2.24, 2.45) is 0 Å². The molecular weight excluding hydrogens is 510 g/mol. The highest BCUT2D eigenvalue weighted by molar-refractivity contribution is 7.80. The first-order valence-electron chi connectivity index (χ1n) is 12.4. The third-order valence-electron chi connectivity index (χ3n) is 6.08. The molecule has 0 spiro atoms. The number of hydrogen-bond acceptors (Lipinski definition) is 5.